The van der Waals surface area contributed by atoms with Crippen LogP contribution in [0.25, 0.3) is 10.8 Å². The lowest BCUT2D eigenvalue weighted by Crippen LogP contribution is -3.00. The fraction of sp³-hybridized carbons (Fsp3) is 0.444. The molecule has 1 unspecified atom stereocenters. The van der Waals surface area contributed by atoms with E-state index in [1.807, 2.05) is 30.3 Å². The van der Waals surface area contributed by atoms with E-state index in [4.69, 9.17) is 4.74 Å². The van der Waals surface area contributed by atoms with Crippen LogP contribution in [0.15, 0.2) is 42.5 Å². The first-order valence-electron chi connectivity index (χ1n) is 7.51. The Balaban J connectivity index is 0.00000242. The van der Waals surface area contributed by atoms with Crippen molar-refractivity contribution in [1.82, 2.24) is 0 Å². The molecule has 4 heteroatoms. The van der Waals surface area contributed by atoms with Crippen molar-refractivity contribution in [2.24, 2.45) is 0 Å². The van der Waals surface area contributed by atoms with Crippen LogP contribution in [0.1, 0.15) is 13.8 Å². The summed E-state index contributed by atoms with van der Waals surface area (Å²) in [6.45, 7) is 5.33. The van der Waals surface area contributed by atoms with Crippen molar-refractivity contribution in [2.45, 2.75) is 26.0 Å². The van der Waals surface area contributed by atoms with Gasteiger partial charge in [-0.2, -0.15) is 0 Å². The standard InChI is InChI=1S/C18H26NO2.HI/c1-14(2)19(3,4)12-16(20)13-21-18-11-7-9-15-8-5-6-10-17(15)18;/h5-11,14,16,20H,12-13H2,1-4H3;1H/q+1;/p-1. The second-order valence-corrected chi connectivity index (χ2v) is 6.50. The number of aliphatic hydroxyl groups is 1. The molecule has 2 rings (SSSR count). The molecular weight excluding hydrogens is 389 g/mol. The molecule has 0 bridgehead atoms. The van der Waals surface area contributed by atoms with Crippen LogP contribution in [0.3, 0.4) is 0 Å². The lowest BCUT2D eigenvalue weighted by atomic mass is 10.1. The number of rotatable bonds is 6. The van der Waals surface area contributed by atoms with Crippen LogP contribution >= 0.6 is 0 Å². The van der Waals surface area contributed by atoms with Crippen molar-refractivity contribution >= 4 is 10.8 Å². The van der Waals surface area contributed by atoms with Gasteiger partial charge < -0.3 is 38.3 Å². The van der Waals surface area contributed by atoms with Gasteiger partial charge in [0.05, 0.1) is 20.1 Å². The molecule has 0 amide bonds. The summed E-state index contributed by atoms with van der Waals surface area (Å²) in [7, 11) is 4.26. The monoisotopic (exact) mass is 415 g/mol. The first-order valence-corrected chi connectivity index (χ1v) is 7.51. The molecule has 0 radical (unpaired) electrons. The van der Waals surface area contributed by atoms with Crippen LogP contribution in [0, 0.1) is 0 Å². The van der Waals surface area contributed by atoms with Gasteiger partial charge in [0.2, 0.25) is 0 Å². The van der Waals surface area contributed by atoms with Crippen molar-refractivity contribution in [3.8, 4) is 5.75 Å². The van der Waals surface area contributed by atoms with Crippen LogP contribution < -0.4 is 28.7 Å². The van der Waals surface area contributed by atoms with Crippen LogP contribution in [0.5, 0.6) is 5.75 Å². The highest BCUT2D eigenvalue weighted by atomic mass is 127. The van der Waals surface area contributed by atoms with E-state index in [0.29, 0.717) is 19.2 Å². The van der Waals surface area contributed by atoms with E-state index in [9.17, 15) is 5.11 Å². The van der Waals surface area contributed by atoms with E-state index in [-0.39, 0.29) is 24.0 Å². The first kappa shape index (κ1) is 19.2. The van der Waals surface area contributed by atoms with Gasteiger partial charge in [0.25, 0.3) is 0 Å². The zero-order valence-electron chi connectivity index (χ0n) is 13.8. The zero-order chi connectivity index (χ0) is 15.5. The molecule has 1 N–H and O–H groups in total. The van der Waals surface area contributed by atoms with Gasteiger partial charge in [-0.1, -0.05) is 36.4 Å². The molecule has 0 spiro atoms. The molecule has 0 aliphatic carbocycles. The van der Waals surface area contributed by atoms with E-state index in [1.54, 1.807) is 0 Å². The minimum atomic E-state index is -0.471. The quantitative estimate of drug-likeness (QED) is 0.535. The SMILES string of the molecule is CC(C)[N+](C)(C)CC(O)COc1cccc2ccccc12.[I-]. The van der Waals surface area contributed by atoms with Crippen LogP contribution in [0.4, 0.5) is 0 Å². The third-order valence-corrected chi connectivity index (χ3v) is 4.26. The van der Waals surface area contributed by atoms with Gasteiger partial charge in [0, 0.05) is 5.39 Å². The second-order valence-electron chi connectivity index (χ2n) is 6.50. The van der Waals surface area contributed by atoms with E-state index in [0.717, 1.165) is 21.0 Å². The molecule has 122 valence electrons. The van der Waals surface area contributed by atoms with E-state index >= 15 is 0 Å². The number of aliphatic hydroxyl groups excluding tert-OH is 1. The Kier molecular flexibility index (Phi) is 7.09. The highest BCUT2D eigenvalue weighted by Crippen LogP contribution is 2.25. The molecule has 22 heavy (non-hydrogen) atoms. The van der Waals surface area contributed by atoms with Crippen molar-refractivity contribution in [3.05, 3.63) is 42.5 Å². The van der Waals surface area contributed by atoms with Gasteiger partial charge in [-0.3, -0.25) is 0 Å². The number of ether oxygens (including phenoxy) is 1. The Labute approximate surface area is 150 Å². The van der Waals surface area contributed by atoms with Crippen molar-refractivity contribution in [3.63, 3.8) is 0 Å². The Bertz CT molecular complexity index is 593. The van der Waals surface area contributed by atoms with E-state index in [1.165, 1.54) is 0 Å². The molecule has 2 aromatic carbocycles. The van der Waals surface area contributed by atoms with Gasteiger partial charge in [0.1, 0.15) is 25.0 Å². The maximum atomic E-state index is 10.2. The predicted molar refractivity (Wildman–Crippen MR) is 87.6 cm³/mol. The number of likely N-dealkylation sites (N-methyl/N-ethyl adjacent to an activating group) is 1. The van der Waals surface area contributed by atoms with Gasteiger partial charge in [0.15, 0.2) is 0 Å². The summed E-state index contributed by atoms with van der Waals surface area (Å²) in [4.78, 5) is 0. The largest absolute Gasteiger partial charge is 1.00 e. The Hall–Kier alpha value is -0.850. The van der Waals surface area contributed by atoms with Crippen molar-refractivity contribution < 1.29 is 38.3 Å². The van der Waals surface area contributed by atoms with Crippen LogP contribution in [-0.2, 0) is 0 Å². The van der Waals surface area contributed by atoms with Crippen molar-refractivity contribution in [2.75, 3.05) is 27.2 Å². The van der Waals surface area contributed by atoms with Gasteiger partial charge in [-0.05, 0) is 25.3 Å². The summed E-state index contributed by atoms with van der Waals surface area (Å²) < 4.78 is 6.62. The summed E-state index contributed by atoms with van der Waals surface area (Å²) in [5, 5.41) is 12.5. The summed E-state index contributed by atoms with van der Waals surface area (Å²) >= 11 is 0. The molecule has 1 atom stereocenters. The maximum Gasteiger partial charge on any atom is 0.137 e. The van der Waals surface area contributed by atoms with Crippen LogP contribution in [-0.4, -0.2) is 49.0 Å². The third kappa shape index (κ3) is 4.83. The molecular formula is C18H26INO2. The number of hydrogen-bond acceptors (Lipinski definition) is 2. The number of halogens is 1. The lowest BCUT2D eigenvalue weighted by Gasteiger charge is -2.35. The third-order valence-electron chi connectivity index (χ3n) is 4.26. The number of quaternary nitrogens is 1. The normalized spacial score (nSPS) is 13.0. The second kappa shape index (κ2) is 8.13. The Morgan fingerprint density at radius 3 is 2.36 bits per heavy atom. The highest BCUT2D eigenvalue weighted by Gasteiger charge is 2.24. The molecule has 3 nitrogen and oxygen atoms in total. The Morgan fingerprint density at radius 2 is 1.68 bits per heavy atom. The summed E-state index contributed by atoms with van der Waals surface area (Å²) in [6, 6.07) is 14.6. The maximum absolute atomic E-state index is 10.2. The molecule has 0 saturated heterocycles. The zero-order valence-corrected chi connectivity index (χ0v) is 15.9. The van der Waals surface area contributed by atoms with E-state index < -0.39 is 6.10 Å². The first-order chi connectivity index (χ1) is 9.90. The van der Waals surface area contributed by atoms with Crippen molar-refractivity contribution in [1.29, 1.82) is 0 Å². The average Bonchev–Trinajstić information content (AvgIpc) is 2.44. The van der Waals surface area contributed by atoms with Gasteiger partial charge in [-0.25, -0.2) is 0 Å². The lowest BCUT2D eigenvalue weighted by molar-refractivity contribution is -0.914. The smallest absolute Gasteiger partial charge is 0.137 e. The van der Waals surface area contributed by atoms with Crippen LogP contribution in [0.2, 0.25) is 0 Å². The Morgan fingerprint density at radius 1 is 1.05 bits per heavy atom. The fourth-order valence-corrected chi connectivity index (χ4v) is 2.31. The minimum Gasteiger partial charge on any atom is -1.00 e. The number of nitrogens with zero attached hydrogens (tertiary/aromatic N) is 1. The number of hydrogen-bond donors (Lipinski definition) is 1. The predicted octanol–water partition coefficient (Wildman–Crippen LogP) is 0.0683. The average molecular weight is 415 g/mol. The molecule has 0 aliphatic heterocycles. The molecule has 0 fully saturated rings. The molecule has 0 aromatic heterocycles. The fourth-order valence-electron chi connectivity index (χ4n) is 2.31. The summed E-state index contributed by atoms with van der Waals surface area (Å²) in [6.07, 6.45) is -0.471. The van der Waals surface area contributed by atoms with E-state index in [2.05, 4.69) is 40.1 Å². The molecule has 0 saturated carbocycles. The highest BCUT2D eigenvalue weighted by molar-refractivity contribution is 5.88. The van der Waals surface area contributed by atoms with Gasteiger partial charge >= 0.3 is 0 Å². The van der Waals surface area contributed by atoms with Gasteiger partial charge in [-0.15, -0.1) is 0 Å². The molecule has 2 aromatic rings. The number of fused-ring (bicyclic) bond motifs is 1. The summed E-state index contributed by atoms with van der Waals surface area (Å²) in [5.41, 5.74) is 0. The topological polar surface area (TPSA) is 29.5 Å². The summed E-state index contributed by atoms with van der Waals surface area (Å²) in [5.74, 6) is 0.835. The molecule has 0 heterocycles. The molecule has 0 aliphatic rings. The minimum absolute atomic E-state index is 0. The number of benzene rings is 2.